The lowest BCUT2D eigenvalue weighted by molar-refractivity contribution is 0.474. The van der Waals surface area contributed by atoms with Gasteiger partial charge in [-0.3, -0.25) is 0 Å². The summed E-state index contributed by atoms with van der Waals surface area (Å²) < 4.78 is 12.2. The van der Waals surface area contributed by atoms with Gasteiger partial charge in [0.2, 0.25) is 0 Å². The molecule has 0 aliphatic carbocycles. The molecule has 0 aliphatic rings. The van der Waals surface area contributed by atoms with E-state index in [0.717, 1.165) is 6.07 Å². The normalized spacial score (nSPS) is 9.56. The minimum atomic E-state index is -0.418. The zero-order chi connectivity index (χ0) is 6.85. The summed E-state index contributed by atoms with van der Waals surface area (Å²) in [5, 5.41) is 9.45. The molecule has 0 saturated carbocycles. The monoisotopic (exact) mass is 144 g/mol. The second-order valence-corrected chi connectivity index (χ2v) is 2.33. The Balaban J connectivity index is 3.17. The van der Waals surface area contributed by atoms with Crippen LogP contribution in [0.15, 0.2) is 18.2 Å². The first-order chi connectivity index (χ1) is 4.20. The van der Waals surface area contributed by atoms with Gasteiger partial charge >= 0.3 is 0 Å². The van der Waals surface area contributed by atoms with E-state index in [0.29, 0.717) is 5.30 Å². The van der Waals surface area contributed by atoms with E-state index in [1.807, 2.05) is 0 Å². The molecule has 48 valence electrons. The molecule has 1 aromatic carbocycles. The Morgan fingerprint density at radius 2 is 2.11 bits per heavy atom. The van der Waals surface area contributed by atoms with Crippen LogP contribution in [0.1, 0.15) is 0 Å². The van der Waals surface area contributed by atoms with Crippen molar-refractivity contribution >= 4 is 14.5 Å². The van der Waals surface area contributed by atoms with Crippen molar-refractivity contribution in [1.82, 2.24) is 0 Å². The van der Waals surface area contributed by atoms with Crippen LogP contribution < -0.4 is 5.30 Å². The molecule has 0 heterocycles. The van der Waals surface area contributed by atoms with Gasteiger partial charge in [0, 0.05) is 11.4 Å². The summed E-state index contributed by atoms with van der Waals surface area (Å²) in [5.41, 5.74) is 0. The van der Waals surface area contributed by atoms with Crippen LogP contribution in [0.25, 0.3) is 0 Å². The van der Waals surface area contributed by atoms with Gasteiger partial charge in [-0.2, -0.15) is 0 Å². The minimum Gasteiger partial charge on any atom is -0.507 e. The maximum Gasteiger partial charge on any atom is 0.126 e. The first-order valence-electron chi connectivity index (χ1n) is 2.44. The Morgan fingerprint density at radius 1 is 1.44 bits per heavy atom. The molecule has 0 radical (unpaired) electrons. The van der Waals surface area contributed by atoms with Crippen molar-refractivity contribution in [2.75, 3.05) is 0 Å². The van der Waals surface area contributed by atoms with Gasteiger partial charge in [0.25, 0.3) is 0 Å². The Hall–Kier alpha value is -0.620. The summed E-state index contributed by atoms with van der Waals surface area (Å²) in [5.74, 6) is -0.446. The Labute approximate surface area is 54.7 Å². The number of rotatable bonds is 0. The number of aromatic hydroxyl groups is 1. The molecule has 0 spiro atoms. The van der Waals surface area contributed by atoms with Crippen LogP contribution in [0, 0.1) is 5.82 Å². The highest BCUT2D eigenvalue weighted by atomic mass is 31.0. The second kappa shape index (κ2) is 2.32. The van der Waals surface area contributed by atoms with Crippen LogP contribution in [0.5, 0.6) is 5.75 Å². The van der Waals surface area contributed by atoms with Crippen LogP contribution in [0.4, 0.5) is 4.39 Å². The Kier molecular flexibility index (Phi) is 1.68. The molecule has 0 aromatic heterocycles. The summed E-state index contributed by atoms with van der Waals surface area (Å²) in [6.07, 6.45) is 0. The smallest absolute Gasteiger partial charge is 0.126 e. The quantitative estimate of drug-likeness (QED) is 0.539. The van der Waals surface area contributed by atoms with Gasteiger partial charge in [0.05, 0.1) is 0 Å². The van der Waals surface area contributed by atoms with Crippen molar-refractivity contribution in [3.05, 3.63) is 24.0 Å². The molecule has 0 amide bonds. The largest absolute Gasteiger partial charge is 0.507 e. The van der Waals surface area contributed by atoms with Gasteiger partial charge in [-0.05, 0) is 12.1 Å². The summed E-state index contributed by atoms with van der Waals surface area (Å²) in [7, 11) is 2.29. The van der Waals surface area contributed by atoms with E-state index in [1.165, 1.54) is 12.1 Å². The lowest BCUT2D eigenvalue weighted by atomic mass is 10.3. The second-order valence-electron chi connectivity index (χ2n) is 1.70. The van der Waals surface area contributed by atoms with Crippen molar-refractivity contribution in [2.45, 2.75) is 0 Å². The summed E-state index contributed by atoms with van der Waals surface area (Å²) in [4.78, 5) is 0. The van der Waals surface area contributed by atoms with Gasteiger partial charge in [-0.15, -0.1) is 9.24 Å². The average molecular weight is 144 g/mol. The van der Waals surface area contributed by atoms with Crippen molar-refractivity contribution in [1.29, 1.82) is 0 Å². The Morgan fingerprint density at radius 3 is 2.56 bits per heavy atom. The predicted molar refractivity (Wildman–Crippen MR) is 37.4 cm³/mol. The number of hydrogen-bond acceptors (Lipinski definition) is 1. The molecule has 1 unspecified atom stereocenters. The first-order valence-corrected chi connectivity index (χ1v) is 3.02. The molecule has 0 bridgehead atoms. The van der Waals surface area contributed by atoms with Crippen molar-refractivity contribution in [3.63, 3.8) is 0 Å². The van der Waals surface area contributed by atoms with Crippen molar-refractivity contribution in [2.24, 2.45) is 0 Å². The van der Waals surface area contributed by atoms with Crippen molar-refractivity contribution in [3.8, 4) is 5.75 Å². The number of hydrogen-bond donors (Lipinski definition) is 1. The van der Waals surface area contributed by atoms with Crippen molar-refractivity contribution < 1.29 is 9.50 Å². The third-order valence-corrected chi connectivity index (χ3v) is 1.48. The van der Waals surface area contributed by atoms with E-state index in [4.69, 9.17) is 5.11 Å². The molecule has 1 atom stereocenters. The van der Waals surface area contributed by atoms with E-state index >= 15 is 0 Å². The summed E-state index contributed by atoms with van der Waals surface area (Å²) in [6.45, 7) is 0. The first kappa shape index (κ1) is 6.50. The van der Waals surface area contributed by atoms with Gasteiger partial charge in [0.15, 0.2) is 0 Å². The summed E-state index contributed by atoms with van der Waals surface area (Å²) >= 11 is 0. The van der Waals surface area contributed by atoms with Crippen LogP contribution in [-0.4, -0.2) is 5.11 Å². The Bertz CT molecular complexity index is 224. The number of phenolic OH excluding ortho intramolecular Hbond substituents is 1. The molecule has 0 fully saturated rings. The van der Waals surface area contributed by atoms with Gasteiger partial charge in [-0.1, -0.05) is 0 Å². The molecule has 0 aliphatic heterocycles. The van der Waals surface area contributed by atoms with Crippen LogP contribution in [-0.2, 0) is 0 Å². The molecular weight excluding hydrogens is 138 g/mol. The fourth-order valence-corrected chi connectivity index (χ4v) is 0.696. The van der Waals surface area contributed by atoms with Gasteiger partial charge in [0.1, 0.15) is 11.6 Å². The lowest BCUT2D eigenvalue weighted by Crippen LogP contribution is -1.90. The number of phenols is 1. The third-order valence-electron chi connectivity index (χ3n) is 0.992. The average Bonchev–Trinajstić information content (AvgIpc) is 1.80. The van der Waals surface area contributed by atoms with Crippen LogP contribution >= 0.6 is 9.24 Å². The number of halogens is 1. The van der Waals surface area contributed by atoms with Gasteiger partial charge in [-0.25, -0.2) is 4.39 Å². The zero-order valence-corrected chi connectivity index (χ0v) is 5.79. The van der Waals surface area contributed by atoms with E-state index < -0.39 is 5.82 Å². The molecule has 1 N–H and O–H groups in total. The number of benzene rings is 1. The van der Waals surface area contributed by atoms with E-state index in [-0.39, 0.29) is 5.75 Å². The molecular formula is C6H6FOP. The fraction of sp³-hybridized carbons (Fsp3) is 0. The topological polar surface area (TPSA) is 20.2 Å². The maximum absolute atomic E-state index is 12.2. The molecule has 1 aromatic rings. The maximum atomic E-state index is 12.2. The van der Waals surface area contributed by atoms with E-state index in [9.17, 15) is 4.39 Å². The SMILES string of the molecule is Oc1cc(F)ccc1P. The molecule has 9 heavy (non-hydrogen) atoms. The third kappa shape index (κ3) is 1.39. The fourth-order valence-electron chi connectivity index (χ4n) is 0.517. The lowest BCUT2D eigenvalue weighted by Gasteiger charge is -1.94. The molecule has 1 nitrogen and oxygen atoms in total. The molecule has 1 rings (SSSR count). The summed E-state index contributed by atoms with van der Waals surface area (Å²) in [6, 6.07) is 3.86. The van der Waals surface area contributed by atoms with Gasteiger partial charge < -0.3 is 5.11 Å². The van der Waals surface area contributed by atoms with E-state index in [1.54, 1.807) is 0 Å². The highest BCUT2D eigenvalue weighted by Crippen LogP contribution is 2.09. The zero-order valence-electron chi connectivity index (χ0n) is 4.63. The standard InChI is InChI=1S/C6H6FOP/c7-4-1-2-6(9)5(8)3-4/h1-3,8H,9H2. The highest BCUT2D eigenvalue weighted by molar-refractivity contribution is 7.27. The van der Waals surface area contributed by atoms with Crippen LogP contribution in [0.2, 0.25) is 0 Å². The molecule has 3 heteroatoms. The molecule has 0 saturated heterocycles. The highest BCUT2D eigenvalue weighted by Gasteiger charge is 1.94. The minimum absolute atomic E-state index is 0.0278. The predicted octanol–water partition coefficient (Wildman–Crippen LogP) is 1.03. The van der Waals surface area contributed by atoms with Crippen LogP contribution in [0.3, 0.4) is 0 Å². The van der Waals surface area contributed by atoms with E-state index in [2.05, 4.69) is 9.24 Å².